The fraction of sp³-hybridized carbons (Fsp3) is 0.562. The first kappa shape index (κ1) is 15.6. The molecule has 3 atom stereocenters. The molecule has 2 nitrogen and oxygen atoms in total. The first-order valence-corrected chi connectivity index (χ1v) is 8.05. The lowest BCUT2D eigenvalue weighted by Crippen LogP contribution is -2.34. The van der Waals surface area contributed by atoms with Crippen LogP contribution in [-0.4, -0.2) is 11.7 Å². The molecule has 3 rings (SSSR count). The number of fused-ring (bicyclic) bond motifs is 2. The standard InChI is InChI=1S/C16H19F3N2S/c17-16(18,19)13-2-1-3-14(8-13)21-15(22)20-9-12-7-10-4-5-11(12)6-10/h1-3,8,10-12H,4-7,9H2,(H2,20,21,22)/t10-,11-,12+/m0/s1. The number of halogens is 3. The summed E-state index contributed by atoms with van der Waals surface area (Å²) in [6.45, 7) is 0.811. The van der Waals surface area contributed by atoms with E-state index in [2.05, 4.69) is 10.6 Å². The minimum atomic E-state index is -4.34. The molecule has 0 aromatic heterocycles. The smallest absolute Gasteiger partial charge is 0.362 e. The third kappa shape index (κ3) is 3.54. The van der Waals surface area contributed by atoms with Crippen molar-refractivity contribution in [2.75, 3.05) is 11.9 Å². The van der Waals surface area contributed by atoms with Crippen LogP contribution in [0.15, 0.2) is 24.3 Å². The number of anilines is 1. The van der Waals surface area contributed by atoms with Crippen LogP contribution < -0.4 is 10.6 Å². The van der Waals surface area contributed by atoms with Crippen molar-refractivity contribution in [2.45, 2.75) is 31.9 Å². The summed E-state index contributed by atoms with van der Waals surface area (Å²) in [5, 5.41) is 6.39. The van der Waals surface area contributed by atoms with E-state index in [1.54, 1.807) is 6.07 Å². The first-order valence-electron chi connectivity index (χ1n) is 7.64. The van der Waals surface area contributed by atoms with Crippen LogP contribution in [-0.2, 0) is 6.18 Å². The summed E-state index contributed by atoms with van der Waals surface area (Å²) >= 11 is 5.19. The first-order chi connectivity index (χ1) is 10.4. The maximum Gasteiger partial charge on any atom is 0.416 e. The Labute approximate surface area is 133 Å². The van der Waals surface area contributed by atoms with Gasteiger partial charge in [-0.05, 0) is 67.4 Å². The van der Waals surface area contributed by atoms with Crippen LogP contribution in [0.1, 0.15) is 31.2 Å². The SMILES string of the molecule is FC(F)(F)c1cccc(NC(=S)NC[C@H]2C[C@H]3CC[C@H]2C3)c1. The van der Waals surface area contributed by atoms with Gasteiger partial charge in [0.1, 0.15) is 0 Å². The van der Waals surface area contributed by atoms with Gasteiger partial charge in [0.25, 0.3) is 0 Å². The van der Waals surface area contributed by atoms with Gasteiger partial charge in [-0.25, -0.2) is 0 Å². The summed E-state index contributed by atoms with van der Waals surface area (Å²) in [5.41, 5.74) is -0.311. The number of rotatable bonds is 3. The van der Waals surface area contributed by atoms with Crippen molar-refractivity contribution in [2.24, 2.45) is 17.8 Å². The number of benzene rings is 1. The van der Waals surface area contributed by atoms with Gasteiger partial charge >= 0.3 is 6.18 Å². The molecule has 2 fully saturated rings. The number of alkyl halides is 3. The number of thiocarbonyl (C=S) groups is 1. The molecule has 0 saturated heterocycles. The highest BCUT2D eigenvalue weighted by atomic mass is 32.1. The Balaban J connectivity index is 1.51. The molecule has 0 unspecified atom stereocenters. The van der Waals surface area contributed by atoms with E-state index in [-0.39, 0.29) is 0 Å². The van der Waals surface area contributed by atoms with Gasteiger partial charge in [-0.15, -0.1) is 0 Å². The monoisotopic (exact) mass is 328 g/mol. The molecule has 0 aliphatic heterocycles. The Morgan fingerprint density at radius 3 is 2.68 bits per heavy atom. The Morgan fingerprint density at radius 2 is 2.05 bits per heavy atom. The molecule has 0 heterocycles. The van der Waals surface area contributed by atoms with E-state index in [9.17, 15) is 13.2 Å². The lowest BCUT2D eigenvalue weighted by molar-refractivity contribution is -0.137. The van der Waals surface area contributed by atoms with Crippen LogP contribution in [0.5, 0.6) is 0 Å². The molecule has 0 radical (unpaired) electrons. The molecule has 1 aromatic carbocycles. The van der Waals surface area contributed by atoms with Crippen LogP contribution in [0.2, 0.25) is 0 Å². The lowest BCUT2D eigenvalue weighted by atomic mass is 9.89. The Hall–Kier alpha value is -1.30. The fourth-order valence-electron chi connectivity index (χ4n) is 3.80. The molecular formula is C16H19F3N2S. The third-order valence-electron chi connectivity index (χ3n) is 4.86. The van der Waals surface area contributed by atoms with Gasteiger partial charge in [0.15, 0.2) is 5.11 Å². The van der Waals surface area contributed by atoms with E-state index < -0.39 is 11.7 Å². The lowest BCUT2D eigenvalue weighted by Gasteiger charge is -2.22. The maximum absolute atomic E-state index is 12.7. The van der Waals surface area contributed by atoms with Crippen molar-refractivity contribution in [3.8, 4) is 0 Å². The minimum absolute atomic E-state index is 0.361. The molecule has 0 amide bonds. The molecule has 120 valence electrons. The highest BCUT2D eigenvalue weighted by Crippen LogP contribution is 2.47. The van der Waals surface area contributed by atoms with Crippen molar-refractivity contribution in [1.29, 1.82) is 0 Å². The second kappa shape index (κ2) is 6.07. The average molecular weight is 328 g/mol. The molecule has 22 heavy (non-hydrogen) atoms. The largest absolute Gasteiger partial charge is 0.416 e. The highest BCUT2D eigenvalue weighted by Gasteiger charge is 2.39. The molecule has 2 aliphatic rings. The van der Waals surface area contributed by atoms with Gasteiger partial charge in [-0.3, -0.25) is 0 Å². The van der Waals surface area contributed by atoms with Gasteiger partial charge in [-0.2, -0.15) is 13.2 Å². The predicted octanol–water partition coefficient (Wildman–Crippen LogP) is 4.43. The number of hydrogen-bond acceptors (Lipinski definition) is 1. The van der Waals surface area contributed by atoms with Crippen molar-refractivity contribution in [3.63, 3.8) is 0 Å². The van der Waals surface area contributed by atoms with Gasteiger partial charge in [0.05, 0.1) is 5.56 Å². The predicted molar refractivity (Wildman–Crippen MR) is 84.6 cm³/mol. The van der Waals surface area contributed by atoms with Crippen molar-refractivity contribution >= 4 is 23.0 Å². The molecule has 2 bridgehead atoms. The minimum Gasteiger partial charge on any atom is -0.362 e. The van der Waals surface area contributed by atoms with E-state index in [1.807, 2.05) is 0 Å². The van der Waals surface area contributed by atoms with E-state index in [4.69, 9.17) is 12.2 Å². The quantitative estimate of drug-likeness (QED) is 0.803. The topological polar surface area (TPSA) is 24.1 Å². The molecule has 1 aromatic rings. The average Bonchev–Trinajstić information content (AvgIpc) is 3.07. The summed E-state index contributed by atoms with van der Waals surface area (Å²) < 4.78 is 38.0. The zero-order valence-corrected chi connectivity index (χ0v) is 12.9. The van der Waals surface area contributed by atoms with Crippen LogP contribution >= 0.6 is 12.2 Å². The summed E-state index contributed by atoms with van der Waals surface area (Å²) in [5.74, 6) is 2.33. The second-order valence-corrected chi connectivity index (χ2v) is 6.76. The zero-order valence-electron chi connectivity index (χ0n) is 12.1. The molecular weight excluding hydrogens is 309 g/mol. The van der Waals surface area contributed by atoms with Crippen LogP contribution in [0, 0.1) is 17.8 Å². The summed E-state index contributed by atoms with van der Waals surface area (Å²) in [4.78, 5) is 0. The number of nitrogens with one attached hydrogen (secondary N) is 2. The maximum atomic E-state index is 12.7. The van der Waals surface area contributed by atoms with Crippen molar-refractivity contribution in [3.05, 3.63) is 29.8 Å². The van der Waals surface area contributed by atoms with Crippen molar-refractivity contribution < 1.29 is 13.2 Å². The molecule has 2 N–H and O–H groups in total. The van der Waals surface area contributed by atoms with E-state index in [0.29, 0.717) is 16.7 Å². The van der Waals surface area contributed by atoms with Gasteiger partial charge in [0, 0.05) is 12.2 Å². The zero-order chi connectivity index (χ0) is 15.7. The molecule has 2 saturated carbocycles. The second-order valence-electron chi connectivity index (χ2n) is 6.35. The molecule has 0 spiro atoms. The van der Waals surface area contributed by atoms with Crippen LogP contribution in [0.3, 0.4) is 0 Å². The van der Waals surface area contributed by atoms with Crippen molar-refractivity contribution in [1.82, 2.24) is 5.32 Å². The fourth-order valence-corrected chi connectivity index (χ4v) is 4.00. The van der Waals surface area contributed by atoms with Crippen LogP contribution in [0.25, 0.3) is 0 Å². The summed E-state index contributed by atoms with van der Waals surface area (Å²) in [7, 11) is 0. The molecule has 6 heteroatoms. The third-order valence-corrected chi connectivity index (χ3v) is 5.10. The highest BCUT2D eigenvalue weighted by molar-refractivity contribution is 7.80. The van der Waals surface area contributed by atoms with E-state index >= 15 is 0 Å². The Morgan fingerprint density at radius 1 is 1.23 bits per heavy atom. The summed E-state index contributed by atoms with van der Waals surface area (Å²) in [6.07, 6.45) is 0.915. The van der Waals surface area contributed by atoms with Gasteiger partial charge < -0.3 is 10.6 Å². The van der Waals surface area contributed by atoms with Gasteiger partial charge in [0.2, 0.25) is 0 Å². The Bertz CT molecular complexity index is 559. The van der Waals surface area contributed by atoms with Crippen LogP contribution in [0.4, 0.5) is 18.9 Å². The van der Waals surface area contributed by atoms with E-state index in [1.165, 1.54) is 31.7 Å². The van der Waals surface area contributed by atoms with E-state index in [0.717, 1.165) is 30.5 Å². The summed E-state index contributed by atoms with van der Waals surface area (Å²) in [6, 6.07) is 5.09. The number of hydrogen-bond donors (Lipinski definition) is 2. The normalized spacial score (nSPS) is 27.0. The molecule has 2 aliphatic carbocycles. The Kier molecular flexibility index (Phi) is 4.30. The van der Waals surface area contributed by atoms with Gasteiger partial charge in [-0.1, -0.05) is 12.5 Å².